The first-order valence-corrected chi connectivity index (χ1v) is 7.41. The van der Waals surface area contributed by atoms with Crippen molar-refractivity contribution >= 4 is 11.3 Å². The van der Waals surface area contributed by atoms with Crippen molar-refractivity contribution in [1.82, 2.24) is 10.3 Å². The van der Waals surface area contributed by atoms with Gasteiger partial charge in [0.2, 0.25) is 0 Å². The second kappa shape index (κ2) is 6.41. The van der Waals surface area contributed by atoms with Gasteiger partial charge < -0.3 is 5.32 Å². The van der Waals surface area contributed by atoms with E-state index in [2.05, 4.69) is 10.3 Å². The fourth-order valence-corrected chi connectivity index (χ4v) is 2.90. The highest BCUT2D eigenvalue weighted by Crippen LogP contribution is 2.28. The lowest BCUT2D eigenvalue weighted by Crippen LogP contribution is -2.29. The molecule has 0 radical (unpaired) electrons. The van der Waals surface area contributed by atoms with E-state index in [1.165, 1.54) is 6.07 Å². The largest absolute Gasteiger partial charge is 0.302 e. The molecule has 0 bridgehead atoms. The van der Waals surface area contributed by atoms with Crippen molar-refractivity contribution in [3.63, 3.8) is 0 Å². The highest BCUT2D eigenvalue weighted by atomic mass is 32.1. The summed E-state index contributed by atoms with van der Waals surface area (Å²) < 4.78 is 25.7. The molecule has 1 aromatic carbocycles. The maximum Gasteiger partial charge on any atom is 0.263 e. The summed E-state index contributed by atoms with van der Waals surface area (Å²) in [7, 11) is 0. The Kier molecular flexibility index (Phi) is 4.83. The van der Waals surface area contributed by atoms with Gasteiger partial charge in [0, 0.05) is 22.7 Å². The highest BCUT2D eigenvalue weighted by molar-refractivity contribution is 7.09. The first-order valence-electron chi connectivity index (χ1n) is 6.53. The predicted octanol–water partition coefficient (Wildman–Crippen LogP) is 4.48. The number of aromatic nitrogens is 1. The Balaban J connectivity index is 2.38. The van der Waals surface area contributed by atoms with Gasteiger partial charge in [-0.3, -0.25) is 0 Å². The van der Waals surface area contributed by atoms with Gasteiger partial charge in [0.25, 0.3) is 6.43 Å². The topological polar surface area (TPSA) is 24.9 Å². The van der Waals surface area contributed by atoms with E-state index in [4.69, 9.17) is 0 Å². The van der Waals surface area contributed by atoms with Crippen molar-refractivity contribution in [2.45, 2.75) is 39.3 Å². The number of nitrogens with one attached hydrogen (secondary N) is 1. The lowest BCUT2D eigenvalue weighted by Gasteiger charge is -2.20. The molecule has 0 spiro atoms. The van der Waals surface area contributed by atoms with Gasteiger partial charge in [-0.05, 0) is 32.4 Å². The third kappa shape index (κ3) is 3.61. The zero-order valence-electron chi connectivity index (χ0n) is 11.7. The van der Waals surface area contributed by atoms with Crippen molar-refractivity contribution < 1.29 is 8.78 Å². The van der Waals surface area contributed by atoms with Gasteiger partial charge in [-0.2, -0.15) is 0 Å². The molecule has 1 atom stereocenters. The average molecular weight is 296 g/mol. The van der Waals surface area contributed by atoms with E-state index in [0.717, 1.165) is 16.3 Å². The average Bonchev–Trinajstić information content (AvgIpc) is 2.82. The molecule has 0 saturated carbocycles. The molecule has 1 N–H and O–H groups in total. The zero-order valence-corrected chi connectivity index (χ0v) is 12.5. The van der Waals surface area contributed by atoms with Crippen LogP contribution in [0.4, 0.5) is 8.78 Å². The molecule has 20 heavy (non-hydrogen) atoms. The van der Waals surface area contributed by atoms with E-state index in [1.54, 1.807) is 23.5 Å². The van der Waals surface area contributed by atoms with Crippen LogP contribution in [-0.2, 0) is 0 Å². The van der Waals surface area contributed by atoms with Gasteiger partial charge in [-0.25, -0.2) is 13.8 Å². The maximum atomic E-state index is 12.8. The number of nitrogens with zero attached hydrogens (tertiary/aromatic N) is 1. The fourth-order valence-electron chi connectivity index (χ4n) is 2.02. The van der Waals surface area contributed by atoms with Crippen molar-refractivity contribution in [1.29, 1.82) is 0 Å². The fraction of sp³-hybridized carbons (Fsp3) is 0.400. The summed E-state index contributed by atoms with van der Waals surface area (Å²) in [6.45, 7) is 6.00. The van der Waals surface area contributed by atoms with Gasteiger partial charge in [0.05, 0.1) is 6.04 Å². The second-order valence-electron chi connectivity index (χ2n) is 5.05. The monoisotopic (exact) mass is 296 g/mol. The number of rotatable bonds is 5. The molecule has 1 aromatic heterocycles. The van der Waals surface area contributed by atoms with Crippen LogP contribution in [0.1, 0.15) is 48.1 Å². The van der Waals surface area contributed by atoms with Crippen molar-refractivity contribution in [2.24, 2.45) is 0 Å². The molecule has 0 aliphatic heterocycles. The molecule has 108 valence electrons. The van der Waals surface area contributed by atoms with Gasteiger partial charge in [0.15, 0.2) is 0 Å². The molecular weight excluding hydrogens is 278 g/mol. The SMILES string of the molecule is Cc1csc(C(NC(C)C)c2cccc(C(F)F)c2)n1. The minimum absolute atomic E-state index is 0.0475. The standard InChI is InChI=1S/C15H18F2N2S/c1-9(2)18-13(15-19-10(3)8-20-15)11-5-4-6-12(7-11)14(16)17/h4-9,13-14,18H,1-3H3. The third-order valence-electron chi connectivity index (χ3n) is 2.88. The zero-order chi connectivity index (χ0) is 14.7. The Bertz CT molecular complexity index is 567. The van der Waals surface area contributed by atoms with Crippen molar-refractivity contribution in [3.05, 3.63) is 51.5 Å². The van der Waals surface area contributed by atoms with Crippen LogP contribution in [-0.4, -0.2) is 11.0 Å². The predicted molar refractivity (Wildman–Crippen MR) is 78.4 cm³/mol. The van der Waals surface area contributed by atoms with Gasteiger partial charge >= 0.3 is 0 Å². The second-order valence-corrected chi connectivity index (χ2v) is 5.94. The lowest BCUT2D eigenvalue weighted by atomic mass is 10.0. The van der Waals surface area contributed by atoms with Gasteiger partial charge in [-0.1, -0.05) is 18.2 Å². The Morgan fingerprint density at radius 3 is 2.45 bits per heavy atom. The molecule has 2 aromatic rings. The van der Waals surface area contributed by atoms with Crippen LogP contribution >= 0.6 is 11.3 Å². The molecule has 2 nitrogen and oxygen atoms in total. The quantitative estimate of drug-likeness (QED) is 0.880. The maximum absolute atomic E-state index is 12.8. The van der Waals surface area contributed by atoms with E-state index in [1.807, 2.05) is 32.2 Å². The van der Waals surface area contributed by atoms with Crippen LogP contribution in [0, 0.1) is 6.92 Å². The van der Waals surface area contributed by atoms with E-state index >= 15 is 0 Å². The number of alkyl halides is 2. The Morgan fingerprint density at radius 1 is 1.20 bits per heavy atom. The number of hydrogen-bond donors (Lipinski definition) is 1. The molecular formula is C15H18F2N2S. The molecule has 0 amide bonds. The smallest absolute Gasteiger partial charge is 0.263 e. The summed E-state index contributed by atoms with van der Waals surface area (Å²) in [5.41, 5.74) is 1.82. The molecule has 5 heteroatoms. The summed E-state index contributed by atoms with van der Waals surface area (Å²) in [6.07, 6.45) is -2.45. The summed E-state index contributed by atoms with van der Waals surface area (Å²) in [4.78, 5) is 4.48. The van der Waals surface area contributed by atoms with E-state index < -0.39 is 6.43 Å². The molecule has 1 heterocycles. The molecule has 0 aliphatic rings. The molecule has 1 unspecified atom stereocenters. The van der Waals surface area contributed by atoms with E-state index in [9.17, 15) is 8.78 Å². The first kappa shape index (κ1) is 15.1. The number of hydrogen-bond acceptors (Lipinski definition) is 3. The highest BCUT2D eigenvalue weighted by Gasteiger charge is 2.19. The third-order valence-corrected chi connectivity index (χ3v) is 3.91. The van der Waals surface area contributed by atoms with Crippen LogP contribution < -0.4 is 5.32 Å². The minimum atomic E-state index is -2.45. The first-order chi connectivity index (χ1) is 9.47. The van der Waals surface area contributed by atoms with Gasteiger partial charge in [-0.15, -0.1) is 11.3 Å². The van der Waals surface area contributed by atoms with Gasteiger partial charge in [0.1, 0.15) is 5.01 Å². The molecule has 0 aliphatic carbocycles. The summed E-state index contributed by atoms with van der Waals surface area (Å²) in [5, 5.41) is 6.27. The van der Waals surface area contributed by atoms with Crippen LogP contribution in [0.5, 0.6) is 0 Å². The van der Waals surface area contributed by atoms with Crippen LogP contribution in [0.15, 0.2) is 29.6 Å². The number of aryl methyl sites for hydroxylation is 1. The van der Waals surface area contributed by atoms with Crippen molar-refractivity contribution in [2.75, 3.05) is 0 Å². The van der Waals surface area contributed by atoms with Crippen LogP contribution in [0.2, 0.25) is 0 Å². The number of benzene rings is 1. The van der Waals surface area contributed by atoms with Crippen LogP contribution in [0.3, 0.4) is 0 Å². The normalized spacial score (nSPS) is 13.2. The molecule has 0 saturated heterocycles. The minimum Gasteiger partial charge on any atom is -0.302 e. The van der Waals surface area contributed by atoms with Crippen LogP contribution in [0.25, 0.3) is 0 Å². The van der Waals surface area contributed by atoms with Crippen molar-refractivity contribution in [3.8, 4) is 0 Å². The summed E-state index contributed by atoms with van der Waals surface area (Å²) in [6, 6.07) is 6.64. The van der Waals surface area contributed by atoms with E-state index in [0.29, 0.717) is 0 Å². The number of thiazole rings is 1. The van der Waals surface area contributed by atoms with E-state index in [-0.39, 0.29) is 17.6 Å². The number of halogens is 2. The Hall–Kier alpha value is -1.33. The summed E-state index contributed by atoms with van der Waals surface area (Å²) >= 11 is 1.55. The molecule has 0 fully saturated rings. The lowest BCUT2D eigenvalue weighted by molar-refractivity contribution is 0.151. The Morgan fingerprint density at radius 2 is 1.90 bits per heavy atom. The molecule has 2 rings (SSSR count). The summed E-state index contributed by atoms with van der Waals surface area (Å²) in [5.74, 6) is 0. The Labute approximate surface area is 121 Å².